The van der Waals surface area contributed by atoms with Gasteiger partial charge in [0.1, 0.15) is 0 Å². The zero-order chi connectivity index (χ0) is 15.0. The Morgan fingerprint density at radius 2 is 2.10 bits per heavy atom. The number of hydrogen-bond acceptors (Lipinski definition) is 5. The predicted octanol–water partition coefficient (Wildman–Crippen LogP) is 1.55. The number of pyridine rings is 1. The average molecular weight is 281 g/mol. The second kappa shape index (κ2) is 7.98. The number of urea groups is 1. The van der Waals surface area contributed by atoms with Crippen molar-refractivity contribution in [3.8, 4) is 5.88 Å². The van der Waals surface area contributed by atoms with Gasteiger partial charge in [-0.15, -0.1) is 0 Å². The summed E-state index contributed by atoms with van der Waals surface area (Å²) in [7, 11) is 1.51. The van der Waals surface area contributed by atoms with E-state index in [1.54, 1.807) is 26.0 Å². The van der Waals surface area contributed by atoms with Crippen molar-refractivity contribution in [3.05, 3.63) is 18.3 Å². The van der Waals surface area contributed by atoms with Crippen LogP contribution in [0.2, 0.25) is 0 Å². The van der Waals surface area contributed by atoms with Gasteiger partial charge in [-0.1, -0.05) is 0 Å². The molecule has 0 unspecified atom stereocenters. The third-order valence-corrected chi connectivity index (χ3v) is 2.19. The zero-order valence-corrected chi connectivity index (χ0v) is 11.8. The van der Waals surface area contributed by atoms with Gasteiger partial charge in [0, 0.05) is 12.6 Å². The largest absolute Gasteiger partial charge is 0.481 e. The molecule has 1 heterocycles. The molecule has 0 radical (unpaired) electrons. The van der Waals surface area contributed by atoms with Crippen LogP contribution in [-0.2, 0) is 9.53 Å². The molecule has 0 bridgehead atoms. The van der Waals surface area contributed by atoms with Crippen LogP contribution in [0, 0.1) is 0 Å². The number of methoxy groups -OCH3 is 1. The first-order valence-electron chi connectivity index (χ1n) is 6.25. The minimum absolute atomic E-state index is 0.131. The topological polar surface area (TPSA) is 89.6 Å². The first kappa shape index (κ1) is 15.7. The summed E-state index contributed by atoms with van der Waals surface area (Å²) in [5.41, 5.74) is 0.535. The minimum atomic E-state index is -0.408. The summed E-state index contributed by atoms with van der Waals surface area (Å²) >= 11 is 0. The van der Waals surface area contributed by atoms with Crippen LogP contribution in [0.3, 0.4) is 0 Å². The number of nitrogens with one attached hydrogen (secondary N) is 2. The lowest BCUT2D eigenvalue weighted by atomic mass is 10.4. The Morgan fingerprint density at radius 1 is 1.35 bits per heavy atom. The molecule has 0 saturated heterocycles. The Hall–Kier alpha value is -2.31. The smallest absolute Gasteiger partial charge is 0.319 e. The molecule has 0 aliphatic carbocycles. The molecule has 2 N–H and O–H groups in total. The van der Waals surface area contributed by atoms with Crippen molar-refractivity contribution in [2.75, 3.05) is 19.0 Å². The third kappa shape index (κ3) is 6.03. The number of carbonyl (C=O) groups is 2. The van der Waals surface area contributed by atoms with Gasteiger partial charge in [0.05, 0.1) is 31.5 Å². The number of anilines is 1. The third-order valence-electron chi connectivity index (χ3n) is 2.19. The van der Waals surface area contributed by atoms with E-state index in [1.165, 1.54) is 13.3 Å². The van der Waals surface area contributed by atoms with E-state index < -0.39 is 6.03 Å². The van der Waals surface area contributed by atoms with Gasteiger partial charge in [0.2, 0.25) is 5.88 Å². The van der Waals surface area contributed by atoms with Gasteiger partial charge in [0.15, 0.2) is 0 Å². The van der Waals surface area contributed by atoms with Crippen LogP contribution in [0.1, 0.15) is 20.3 Å². The fourth-order valence-electron chi connectivity index (χ4n) is 1.35. The standard InChI is InChI=1S/C13H19N3O4/c1-9(2)20-12(17)6-7-14-13(18)16-10-4-5-11(19-3)15-8-10/h4-5,8-9H,6-7H2,1-3H3,(H2,14,16,18). The molecule has 1 aromatic rings. The summed E-state index contributed by atoms with van der Waals surface area (Å²) < 4.78 is 9.85. The lowest BCUT2D eigenvalue weighted by Gasteiger charge is -2.09. The Kier molecular flexibility index (Phi) is 6.28. The van der Waals surface area contributed by atoms with Gasteiger partial charge in [-0.25, -0.2) is 9.78 Å². The molecule has 1 aromatic heterocycles. The Morgan fingerprint density at radius 3 is 2.65 bits per heavy atom. The average Bonchev–Trinajstić information content (AvgIpc) is 2.38. The van der Waals surface area contributed by atoms with Crippen molar-refractivity contribution in [2.45, 2.75) is 26.4 Å². The quantitative estimate of drug-likeness (QED) is 0.772. The first-order valence-corrected chi connectivity index (χ1v) is 6.25. The molecule has 0 aliphatic heterocycles. The Labute approximate surface area is 117 Å². The molecule has 20 heavy (non-hydrogen) atoms. The molecule has 0 aromatic carbocycles. The molecule has 0 atom stereocenters. The predicted molar refractivity (Wildman–Crippen MR) is 73.7 cm³/mol. The van der Waals surface area contributed by atoms with Gasteiger partial charge in [-0.3, -0.25) is 4.79 Å². The number of carbonyl (C=O) groups excluding carboxylic acids is 2. The van der Waals surface area contributed by atoms with E-state index in [0.717, 1.165) is 0 Å². The molecule has 1 rings (SSSR count). The summed E-state index contributed by atoms with van der Waals surface area (Å²) in [6.07, 6.45) is 1.46. The maximum Gasteiger partial charge on any atom is 0.319 e. The van der Waals surface area contributed by atoms with E-state index in [-0.39, 0.29) is 25.0 Å². The van der Waals surface area contributed by atoms with Gasteiger partial charge in [-0.05, 0) is 19.9 Å². The van der Waals surface area contributed by atoms with E-state index in [4.69, 9.17) is 9.47 Å². The summed E-state index contributed by atoms with van der Waals surface area (Å²) in [4.78, 5) is 26.7. The van der Waals surface area contributed by atoms with Crippen molar-refractivity contribution < 1.29 is 19.1 Å². The maximum absolute atomic E-state index is 11.5. The number of aromatic nitrogens is 1. The molecule has 0 aliphatic rings. The van der Waals surface area contributed by atoms with Crippen LogP contribution in [0.25, 0.3) is 0 Å². The summed E-state index contributed by atoms with van der Waals surface area (Å²) in [5, 5.41) is 5.14. The van der Waals surface area contributed by atoms with E-state index in [2.05, 4.69) is 15.6 Å². The lowest BCUT2D eigenvalue weighted by molar-refractivity contribution is -0.147. The van der Waals surface area contributed by atoms with Crippen molar-refractivity contribution in [1.82, 2.24) is 10.3 Å². The molecule has 0 saturated carbocycles. The Balaban J connectivity index is 2.27. The van der Waals surface area contributed by atoms with E-state index >= 15 is 0 Å². The lowest BCUT2D eigenvalue weighted by Crippen LogP contribution is -2.31. The monoisotopic (exact) mass is 281 g/mol. The van der Waals surface area contributed by atoms with E-state index in [1.807, 2.05) is 0 Å². The first-order chi connectivity index (χ1) is 9.51. The molecule has 0 spiro atoms. The van der Waals surface area contributed by atoms with Crippen LogP contribution in [0.5, 0.6) is 5.88 Å². The maximum atomic E-state index is 11.5. The van der Waals surface area contributed by atoms with Crippen LogP contribution >= 0.6 is 0 Å². The van der Waals surface area contributed by atoms with Crippen LogP contribution < -0.4 is 15.4 Å². The number of amides is 2. The SMILES string of the molecule is COc1ccc(NC(=O)NCCC(=O)OC(C)C)cn1. The highest BCUT2D eigenvalue weighted by Gasteiger charge is 2.07. The van der Waals surface area contributed by atoms with Gasteiger partial charge in [-0.2, -0.15) is 0 Å². The van der Waals surface area contributed by atoms with E-state index in [9.17, 15) is 9.59 Å². The number of rotatable bonds is 6. The highest BCUT2D eigenvalue weighted by atomic mass is 16.5. The number of hydrogen-bond donors (Lipinski definition) is 2. The highest BCUT2D eigenvalue weighted by molar-refractivity contribution is 5.89. The second-order valence-electron chi connectivity index (χ2n) is 4.26. The van der Waals surface area contributed by atoms with Gasteiger partial charge >= 0.3 is 12.0 Å². The molecule has 7 nitrogen and oxygen atoms in total. The van der Waals surface area contributed by atoms with Crippen LogP contribution in [0.4, 0.5) is 10.5 Å². The Bertz CT molecular complexity index is 445. The summed E-state index contributed by atoms with van der Waals surface area (Å²) in [6, 6.07) is 2.89. The number of esters is 1. The highest BCUT2D eigenvalue weighted by Crippen LogP contribution is 2.10. The van der Waals surface area contributed by atoms with Crippen molar-refractivity contribution in [1.29, 1.82) is 0 Å². The normalized spacial score (nSPS) is 10.0. The van der Waals surface area contributed by atoms with Crippen LogP contribution in [0.15, 0.2) is 18.3 Å². The van der Waals surface area contributed by atoms with Gasteiger partial charge < -0.3 is 20.1 Å². The molecular formula is C13H19N3O4. The molecule has 0 fully saturated rings. The second-order valence-corrected chi connectivity index (χ2v) is 4.26. The molecule has 2 amide bonds. The molecule has 7 heteroatoms. The number of ether oxygens (including phenoxy) is 2. The van der Waals surface area contributed by atoms with Crippen molar-refractivity contribution in [3.63, 3.8) is 0 Å². The summed E-state index contributed by atoms with van der Waals surface area (Å²) in [5.74, 6) is 0.124. The molecular weight excluding hydrogens is 262 g/mol. The zero-order valence-electron chi connectivity index (χ0n) is 11.8. The van der Waals surface area contributed by atoms with Crippen LogP contribution in [-0.4, -0.2) is 36.7 Å². The van der Waals surface area contributed by atoms with Gasteiger partial charge in [0.25, 0.3) is 0 Å². The summed E-state index contributed by atoms with van der Waals surface area (Å²) in [6.45, 7) is 3.75. The number of nitrogens with zero attached hydrogens (tertiary/aromatic N) is 1. The van der Waals surface area contributed by atoms with Crippen molar-refractivity contribution >= 4 is 17.7 Å². The fourth-order valence-corrected chi connectivity index (χ4v) is 1.35. The fraction of sp³-hybridized carbons (Fsp3) is 0.462. The van der Waals surface area contributed by atoms with Crippen molar-refractivity contribution in [2.24, 2.45) is 0 Å². The minimum Gasteiger partial charge on any atom is -0.481 e. The van der Waals surface area contributed by atoms with E-state index in [0.29, 0.717) is 11.6 Å². The molecule has 110 valence electrons.